The fraction of sp³-hybridized carbons (Fsp3) is 0.652. The van der Waals surface area contributed by atoms with Gasteiger partial charge in [0.05, 0.1) is 5.92 Å². The molecule has 8 heteroatoms. The number of benzene rings is 1. The van der Waals surface area contributed by atoms with E-state index >= 15 is 0 Å². The van der Waals surface area contributed by atoms with Gasteiger partial charge in [-0.1, -0.05) is 38.5 Å². The fourth-order valence-corrected chi connectivity index (χ4v) is 4.84. The lowest BCUT2D eigenvalue weighted by molar-refractivity contribution is -0.318. The lowest BCUT2D eigenvalue weighted by Gasteiger charge is -2.42. The minimum atomic E-state index is -5.05. The maximum absolute atomic E-state index is 14.1. The highest BCUT2D eigenvalue weighted by Crippen LogP contribution is 2.51. The van der Waals surface area contributed by atoms with Gasteiger partial charge in [-0.2, -0.15) is 23.3 Å². The van der Waals surface area contributed by atoms with Gasteiger partial charge in [0.1, 0.15) is 5.75 Å². The number of aryl methyl sites for hydroxylation is 3. The van der Waals surface area contributed by atoms with Gasteiger partial charge < -0.3 is 9.84 Å². The summed E-state index contributed by atoms with van der Waals surface area (Å²) in [6.07, 6.45) is -3.92. The van der Waals surface area contributed by atoms with E-state index in [1.807, 2.05) is 53.7 Å². The number of amides is 1. The van der Waals surface area contributed by atoms with Crippen molar-refractivity contribution in [1.82, 2.24) is 5.01 Å². The molecule has 0 radical (unpaired) electrons. The van der Waals surface area contributed by atoms with Crippen LogP contribution in [-0.2, 0) is 4.79 Å². The Morgan fingerprint density at radius 2 is 1.81 bits per heavy atom. The van der Waals surface area contributed by atoms with Crippen LogP contribution < -0.4 is 4.74 Å². The standard InChI is InChI=1S/C23H31F3N2O3/c1-13-9-14(2)20(15(3)10-13)31-12-19(29)28-22(30,23(24,25)26)17-11-16(21(4,5)6)7-8-18(17)27-28/h9-10,16-17,30H,7-8,11-12H2,1-6H3/t16-,17+,22-/m0/s1. The summed E-state index contributed by atoms with van der Waals surface area (Å²) in [7, 11) is 0. The van der Waals surface area contributed by atoms with Gasteiger partial charge in [-0.25, -0.2) is 0 Å². The number of aliphatic hydroxyl groups is 1. The monoisotopic (exact) mass is 440 g/mol. The number of hydrogen-bond donors (Lipinski definition) is 1. The molecule has 1 saturated carbocycles. The largest absolute Gasteiger partial charge is 0.483 e. The lowest BCUT2D eigenvalue weighted by Crippen LogP contribution is -2.62. The van der Waals surface area contributed by atoms with E-state index in [0.717, 1.165) is 16.7 Å². The van der Waals surface area contributed by atoms with Crippen LogP contribution in [0.4, 0.5) is 13.2 Å². The molecule has 1 amide bonds. The fourth-order valence-electron chi connectivity index (χ4n) is 4.84. The molecule has 0 unspecified atom stereocenters. The Labute approximate surface area is 181 Å². The molecular weight excluding hydrogens is 409 g/mol. The van der Waals surface area contributed by atoms with Crippen molar-refractivity contribution in [2.75, 3.05) is 6.61 Å². The third kappa shape index (κ3) is 4.19. The Morgan fingerprint density at radius 3 is 2.32 bits per heavy atom. The third-order valence-corrected chi connectivity index (χ3v) is 6.53. The van der Waals surface area contributed by atoms with Crippen molar-refractivity contribution in [2.45, 2.75) is 72.7 Å². The first-order valence-corrected chi connectivity index (χ1v) is 10.6. The highest BCUT2D eigenvalue weighted by Gasteiger charge is 2.69. The Bertz CT molecular complexity index is 881. The number of nitrogens with zero attached hydrogens (tertiary/aromatic N) is 2. The second kappa shape index (κ2) is 7.80. The van der Waals surface area contributed by atoms with Crippen molar-refractivity contribution < 1.29 is 27.8 Å². The molecule has 0 spiro atoms. The van der Waals surface area contributed by atoms with E-state index in [0.29, 0.717) is 18.6 Å². The highest BCUT2D eigenvalue weighted by molar-refractivity contribution is 5.93. The van der Waals surface area contributed by atoms with Crippen molar-refractivity contribution in [1.29, 1.82) is 0 Å². The van der Waals surface area contributed by atoms with Gasteiger partial charge in [0.25, 0.3) is 11.6 Å². The van der Waals surface area contributed by atoms with Crippen molar-refractivity contribution in [3.63, 3.8) is 0 Å². The molecule has 5 nitrogen and oxygen atoms in total. The van der Waals surface area contributed by atoms with E-state index in [4.69, 9.17) is 4.74 Å². The SMILES string of the molecule is Cc1cc(C)c(OCC(=O)N2N=C3CC[C@H](C(C)(C)C)C[C@H]3[C@]2(O)C(F)(F)F)c(C)c1. The quantitative estimate of drug-likeness (QED) is 0.727. The molecule has 1 fully saturated rings. The summed E-state index contributed by atoms with van der Waals surface area (Å²) in [5, 5.41) is 15.1. The normalized spacial score (nSPS) is 26.5. The zero-order valence-electron chi connectivity index (χ0n) is 18.9. The number of fused-ring (bicyclic) bond motifs is 1. The number of carbonyl (C=O) groups excluding carboxylic acids is 1. The average Bonchev–Trinajstić information content (AvgIpc) is 2.93. The van der Waals surface area contributed by atoms with Gasteiger partial charge in [0.15, 0.2) is 6.61 Å². The topological polar surface area (TPSA) is 62.1 Å². The first-order valence-electron chi connectivity index (χ1n) is 10.6. The molecule has 0 aromatic heterocycles. The molecule has 3 rings (SSSR count). The third-order valence-electron chi connectivity index (χ3n) is 6.53. The van der Waals surface area contributed by atoms with Gasteiger partial charge >= 0.3 is 6.18 Å². The highest BCUT2D eigenvalue weighted by atomic mass is 19.4. The molecule has 1 aromatic carbocycles. The predicted molar refractivity (Wildman–Crippen MR) is 112 cm³/mol. The molecule has 1 aromatic rings. The molecule has 0 bridgehead atoms. The first-order chi connectivity index (χ1) is 14.2. The van der Waals surface area contributed by atoms with Crippen LogP contribution in [0.3, 0.4) is 0 Å². The summed E-state index contributed by atoms with van der Waals surface area (Å²) >= 11 is 0. The zero-order chi connectivity index (χ0) is 23.4. The van der Waals surface area contributed by atoms with Crippen LogP contribution in [0.5, 0.6) is 5.75 Å². The molecule has 1 aliphatic heterocycles. The second-order valence-corrected chi connectivity index (χ2v) is 9.93. The molecule has 1 aliphatic carbocycles. The summed E-state index contributed by atoms with van der Waals surface area (Å²) in [6, 6.07) is 3.74. The zero-order valence-corrected chi connectivity index (χ0v) is 18.9. The molecule has 1 N–H and O–H groups in total. The molecule has 0 saturated heterocycles. The number of rotatable bonds is 3. The van der Waals surface area contributed by atoms with Crippen molar-refractivity contribution in [2.24, 2.45) is 22.4 Å². The summed E-state index contributed by atoms with van der Waals surface area (Å²) in [6.45, 7) is 10.8. The van der Waals surface area contributed by atoms with E-state index in [9.17, 15) is 23.1 Å². The number of ether oxygens (including phenoxy) is 1. The van der Waals surface area contributed by atoms with Crippen molar-refractivity contribution >= 4 is 11.6 Å². The molecule has 3 atom stereocenters. The second-order valence-electron chi connectivity index (χ2n) is 9.93. The average molecular weight is 441 g/mol. The van der Waals surface area contributed by atoms with Crippen LogP contribution in [0.1, 0.15) is 56.7 Å². The van der Waals surface area contributed by atoms with E-state index in [2.05, 4.69) is 5.10 Å². The molecule has 1 heterocycles. The summed E-state index contributed by atoms with van der Waals surface area (Å²) < 4.78 is 48.0. The van der Waals surface area contributed by atoms with Crippen molar-refractivity contribution in [3.8, 4) is 5.75 Å². The minimum Gasteiger partial charge on any atom is -0.483 e. The first kappa shape index (κ1) is 23.6. The Kier molecular flexibility index (Phi) is 5.93. The number of alkyl halides is 3. The van der Waals surface area contributed by atoms with E-state index < -0.39 is 30.3 Å². The number of carbonyl (C=O) groups is 1. The van der Waals surface area contributed by atoms with E-state index in [-0.39, 0.29) is 28.5 Å². The lowest BCUT2D eigenvalue weighted by atomic mass is 9.66. The van der Waals surface area contributed by atoms with Crippen LogP contribution in [0, 0.1) is 38.0 Å². The van der Waals surface area contributed by atoms with Gasteiger partial charge in [0, 0.05) is 5.71 Å². The Hall–Kier alpha value is -2.09. The summed E-state index contributed by atoms with van der Waals surface area (Å²) in [5.41, 5.74) is -0.750. The number of halogens is 3. The van der Waals surface area contributed by atoms with E-state index in [1.54, 1.807) is 0 Å². The molecule has 31 heavy (non-hydrogen) atoms. The van der Waals surface area contributed by atoms with Crippen LogP contribution in [0.15, 0.2) is 17.2 Å². The summed E-state index contributed by atoms with van der Waals surface area (Å²) in [4.78, 5) is 12.8. The van der Waals surface area contributed by atoms with Gasteiger partial charge in [-0.05, 0) is 62.5 Å². The molecule has 2 aliphatic rings. The van der Waals surface area contributed by atoms with Crippen molar-refractivity contribution in [3.05, 3.63) is 28.8 Å². The maximum Gasteiger partial charge on any atom is 0.439 e. The van der Waals surface area contributed by atoms with E-state index in [1.165, 1.54) is 0 Å². The predicted octanol–water partition coefficient (Wildman–Crippen LogP) is 4.90. The molecule has 172 valence electrons. The Balaban J connectivity index is 1.86. The maximum atomic E-state index is 14.1. The smallest absolute Gasteiger partial charge is 0.439 e. The van der Waals surface area contributed by atoms with Gasteiger partial charge in [-0.3, -0.25) is 4.79 Å². The molecular formula is C23H31F3N2O3. The summed E-state index contributed by atoms with van der Waals surface area (Å²) in [5.74, 6) is -1.85. The van der Waals surface area contributed by atoms with Gasteiger partial charge in [0.2, 0.25) is 0 Å². The number of hydrogen-bond acceptors (Lipinski definition) is 4. The van der Waals surface area contributed by atoms with Crippen LogP contribution in [0.25, 0.3) is 0 Å². The van der Waals surface area contributed by atoms with Crippen LogP contribution in [0.2, 0.25) is 0 Å². The number of hydrazone groups is 1. The van der Waals surface area contributed by atoms with Crippen LogP contribution >= 0.6 is 0 Å². The van der Waals surface area contributed by atoms with Gasteiger partial charge in [-0.15, -0.1) is 0 Å². The Morgan fingerprint density at radius 1 is 1.23 bits per heavy atom. The van der Waals surface area contributed by atoms with Crippen LogP contribution in [-0.4, -0.2) is 40.2 Å². The minimum absolute atomic E-state index is 0.0190.